The van der Waals surface area contributed by atoms with Crippen LogP contribution in [-0.2, 0) is 14.3 Å². The molecule has 134 valence electrons. The summed E-state index contributed by atoms with van der Waals surface area (Å²) in [6.45, 7) is 8.46. The molecule has 1 saturated carbocycles. The summed E-state index contributed by atoms with van der Waals surface area (Å²) in [5, 5.41) is 0. The van der Waals surface area contributed by atoms with Crippen LogP contribution < -0.4 is 4.90 Å². The van der Waals surface area contributed by atoms with E-state index in [1.165, 1.54) is 0 Å². The van der Waals surface area contributed by atoms with Crippen LogP contribution in [0.1, 0.15) is 33.6 Å². The van der Waals surface area contributed by atoms with Gasteiger partial charge in [0.15, 0.2) is 5.60 Å². The minimum absolute atomic E-state index is 0.0410. The molecule has 4 rings (SSSR count). The quantitative estimate of drug-likeness (QED) is 0.752. The number of hydrogen-bond acceptors (Lipinski definition) is 6. The molecule has 3 fully saturated rings. The third-order valence-electron chi connectivity index (χ3n) is 6.83. The van der Waals surface area contributed by atoms with Crippen LogP contribution in [0.25, 0.3) is 0 Å². The van der Waals surface area contributed by atoms with Crippen LogP contribution in [0.4, 0.5) is 5.95 Å². The molecule has 25 heavy (non-hydrogen) atoms. The zero-order chi connectivity index (χ0) is 17.9. The second-order valence-electron chi connectivity index (χ2n) is 8.00. The number of amides is 1. The van der Waals surface area contributed by atoms with Crippen molar-refractivity contribution >= 4 is 17.8 Å². The highest BCUT2D eigenvalue weighted by atomic mass is 16.6. The van der Waals surface area contributed by atoms with Gasteiger partial charge in [-0.3, -0.25) is 9.59 Å². The highest BCUT2D eigenvalue weighted by Crippen LogP contribution is 2.65. The van der Waals surface area contributed by atoms with Gasteiger partial charge in [0.2, 0.25) is 5.95 Å². The van der Waals surface area contributed by atoms with Gasteiger partial charge in [-0.05, 0) is 25.8 Å². The molecule has 1 aromatic heterocycles. The lowest BCUT2D eigenvalue weighted by Gasteiger charge is -2.42. The maximum absolute atomic E-state index is 13.3. The molecule has 2 atom stereocenters. The first-order valence-corrected chi connectivity index (χ1v) is 8.87. The zero-order valence-corrected chi connectivity index (χ0v) is 15.0. The van der Waals surface area contributed by atoms with Crippen LogP contribution in [0.2, 0.25) is 0 Å². The minimum Gasteiger partial charge on any atom is -0.448 e. The average molecular weight is 344 g/mol. The van der Waals surface area contributed by atoms with E-state index in [0.29, 0.717) is 45.0 Å². The molecule has 7 heteroatoms. The number of carbonyl (C=O) groups excluding carboxylic acids is 2. The molecule has 1 aromatic rings. The number of rotatable bonds is 2. The number of nitrogens with zero attached hydrogens (tertiary/aromatic N) is 4. The fourth-order valence-electron chi connectivity index (χ4n) is 4.54. The van der Waals surface area contributed by atoms with Gasteiger partial charge >= 0.3 is 5.97 Å². The maximum Gasteiger partial charge on any atom is 0.313 e. The molecule has 2 saturated heterocycles. The van der Waals surface area contributed by atoms with Crippen molar-refractivity contribution in [2.45, 2.75) is 39.2 Å². The number of hydrogen-bond donors (Lipinski definition) is 0. The molecule has 2 bridgehead atoms. The molecule has 0 radical (unpaired) electrons. The third kappa shape index (κ3) is 1.98. The predicted octanol–water partition coefficient (Wildman–Crippen LogP) is 1.25. The summed E-state index contributed by atoms with van der Waals surface area (Å²) in [6, 6.07) is 1.79. The van der Waals surface area contributed by atoms with Crippen molar-refractivity contribution in [3.05, 3.63) is 18.5 Å². The molecule has 2 unspecified atom stereocenters. The standard InChI is InChI=1S/C18H24N4O3/c1-16(2)17(3)5-6-18(16,25-14(17)24)13(23)21-9-11-22(12-10-21)15-19-7-4-8-20-15/h4,7-8H,5-6,9-12H2,1-3H3. The van der Waals surface area contributed by atoms with E-state index in [1.807, 2.05) is 25.7 Å². The summed E-state index contributed by atoms with van der Waals surface area (Å²) in [5.41, 5.74) is -2.07. The Morgan fingerprint density at radius 2 is 1.72 bits per heavy atom. The smallest absolute Gasteiger partial charge is 0.313 e. The van der Waals surface area contributed by atoms with Gasteiger partial charge < -0.3 is 14.5 Å². The summed E-state index contributed by atoms with van der Waals surface area (Å²) in [7, 11) is 0. The van der Waals surface area contributed by atoms with E-state index in [4.69, 9.17) is 4.74 Å². The molecule has 0 spiro atoms. The number of piperazine rings is 1. The summed E-state index contributed by atoms with van der Waals surface area (Å²) < 4.78 is 5.72. The normalized spacial score (nSPS) is 33.5. The van der Waals surface area contributed by atoms with Crippen LogP contribution in [0.5, 0.6) is 0 Å². The van der Waals surface area contributed by atoms with Crippen molar-refractivity contribution in [2.24, 2.45) is 10.8 Å². The monoisotopic (exact) mass is 344 g/mol. The Morgan fingerprint density at radius 1 is 1.08 bits per heavy atom. The number of esters is 1. The lowest BCUT2D eigenvalue weighted by atomic mass is 9.66. The van der Waals surface area contributed by atoms with Gasteiger partial charge in [0.05, 0.1) is 5.41 Å². The van der Waals surface area contributed by atoms with Gasteiger partial charge in [-0.15, -0.1) is 0 Å². The van der Waals surface area contributed by atoms with Gasteiger partial charge in [-0.1, -0.05) is 13.8 Å². The number of anilines is 1. The Balaban J connectivity index is 1.51. The van der Waals surface area contributed by atoms with Crippen LogP contribution in [0, 0.1) is 10.8 Å². The molecule has 3 aliphatic rings. The van der Waals surface area contributed by atoms with Gasteiger partial charge in [0.25, 0.3) is 5.91 Å². The highest BCUT2D eigenvalue weighted by molar-refractivity contribution is 5.96. The van der Waals surface area contributed by atoms with Crippen molar-refractivity contribution < 1.29 is 14.3 Å². The zero-order valence-electron chi connectivity index (χ0n) is 15.0. The van der Waals surface area contributed by atoms with E-state index in [0.717, 1.165) is 0 Å². The molecular formula is C18H24N4O3. The van der Waals surface area contributed by atoms with Gasteiger partial charge in [-0.25, -0.2) is 9.97 Å². The number of fused-ring (bicyclic) bond motifs is 2. The Morgan fingerprint density at radius 3 is 2.24 bits per heavy atom. The second-order valence-corrected chi connectivity index (χ2v) is 8.00. The largest absolute Gasteiger partial charge is 0.448 e. The first kappa shape index (κ1) is 16.3. The van der Waals surface area contributed by atoms with E-state index in [1.54, 1.807) is 18.5 Å². The Hall–Kier alpha value is -2.18. The minimum atomic E-state index is -1.01. The van der Waals surface area contributed by atoms with E-state index < -0.39 is 16.4 Å². The van der Waals surface area contributed by atoms with Crippen LogP contribution in [0.15, 0.2) is 18.5 Å². The molecule has 2 aliphatic heterocycles. The van der Waals surface area contributed by atoms with Crippen molar-refractivity contribution in [3.63, 3.8) is 0 Å². The molecule has 1 aliphatic carbocycles. The van der Waals surface area contributed by atoms with Crippen molar-refractivity contribution in [3.8, 4) is 0 Å². The summed E-state index contributed by atoms with van der Waals surface area (Å²) in [4.78, 5) is 38.2. The molecular weight excluding hydrogens is 320 g/mol. The first-order valence-electron chi connectivity index (χ1n) is 8.87. The third-order valence-corrected chi connectivity index (χ3v) is 6.83. The Kier molecular flexibility index (Phi) is 3.36. The average Bonchev–Trinajstić information content (AvgIpc) is 2.92. The van der Waals surface area contributed by atoms with E-state index in [9.17, 15) is 9.59 Å². The Labute approximate surface area is 147 Å². The maximum atomic E-state index is 13.3. The fraction of sp³-hybridized carbons (Fsp3) is 0.667. The second kappa shape index (κ2) is 5.16. The van der Waals surface area contributed by atoms with Crippen molar-refractivity contribution in [2.75, 3.05) is 31.1 Å². The summed E-state index contributed by atoms with van der Waals surface area (Å²) in [5.74, 6) is 0.419. The lowest BCUT2D eigenvalue weighted by molar-refractivity contribution is -0.174. The highest BCUT2D eigenvalue weighted by Gasteiger charge is 2.76. The first-order chi connectivity index (χ1) is 11.8. The van der Waals surface area contributed by atoms with Crippen molar-refractivity contribution in [1.29, 1.82) is 0 Å². The topological polar surface area (TPSA) is 75.6 Å². The molecule has 0 N–H and O–H groups in total. The van der Waals surface area contributed by atoms with Crippen LogP contribution >= 0.6 is 0 Å². The van der Waals surface area contributed by atoms with Gasteiger partial charge in [0.1, 0.15) is 0 Å². The van der Waals surface area contributed by atoms with E-state index in [2.05, 4.69) is 14.9 Å². The molecule has 3 heterocycles. The molecule has 0 aromatic carbocycles. The van der Waals surface area contributed by atoms with E-state index in [-0.39, 0.29) is 11.9 Å². The van der Waals surface area contributed by atoms with Crippen LogP contribution in [-0.4, -0.2) is 58.5 Å². The van der Waals surface area contributed by atoms with Gasteiger partial charge in [0, 0.05) is 44.0 Å². The molecule has 1 amide bonds. The number of aromatic nitrogens is 2. The SMILES string of the molecule is CC12CCC(C(=O)N3CCN(c4ncccn4)CC3)(OC1=O)C2(C)C. The summed E-state index contributed by atoms with van der Waals surface area (Å²) in [6.07, 6.45) is 4.77. The lowest BCUT2D eigenvalue weighted by Crippen LogP contribution is -2.59. The predicted molar refractivity (Wildman–Crippen MR) is 90.8 cm³/mol. The number of ether oxygens (including phenoxy) is 1. The number of carbonyl (C=O) groups is 2. The van der Waals surface area contributed by atoms with Crippen LogP contribution in [0.3, 0.4) is 0 Å². The summed E-state index contributed by atoms with van der Waals surface area (Å²) >= 11 is 0. The van der Waals surface area contributed by atoms with E-state index >= 15 is 0 Å². The molecule has 7 nitrogen and oxygen atoms in total. The fourth-order valence-corrected chi connectivity index (χ4v) is 4.54. The van der Waals surface area contributed by atoms with Crippen molar-refractivity contribution in [1.82, 2.24) is 14.9 Å². The van der Waals surface area contributed by atoms with Gasteiger partial charge in [-0.2, -0.15) is 0 Å². The Bertz CT molecular complexity index is 714.